The van der Waals surface area contributed by atoms with Gasteiger partial charge in [0.25, 0.3) is 0 Å². The van der Waals surface area contributed by atoms with Crippen LogP contribution >= 0.6 is 11.8 Å². The molecule has 2 bridgehead atoms. The lowest BCUT2D eigenvalue weighted by Crippen LogP contribution is -2.24. The molecule has 4 atom stereocenters. The van der Waals surface area contributed by atoms with E-state index in [1.807, 2.05) is 0 Å². The Bertz CT molecular complexity index is 530. The normalized spacial score (nSPS) is 27.7. The Morgan fingerprint density at radius 3 is 2.48 bits per heavy atom. The molecule has 0 amide bonds. The fourth-order valence-electron chi connectivity index (χ4n) is 5.14. The highest BCUT2D eigenvalue weighted by Crippen LogP contribution is 2.54. The van der Waals surface area contributed by atoms with Crippen LogP contribution in [0.4, 0.5) is 0 Å². The maximum Gasteiger partial charge on any atom is 0.303 e. The number of thioether (sulfide) groups is 1. The Balaban J connectivity index is 1.38. The second-order valence-corrected chi connectivity index (χ2v) is 9.04. The molecule has 2 aliphatic carbocycles. The second kappa shape index (κ2) is 9.66. The van der Waals surface area contributed by atoms with Crippen LogP contribution in [0.1, 0.15) is 63.4 Å². The Morgan fingerprint density at radius 2 is 1.72 bits per heavy atom. The summed E-state index contributed by atoms with van der Waals surface area (Å²) in [4.78, 5) is 10.6. The fourth-order valence-corrected chi connectivity index (χ4v) is 6.47. The van der Waals surface area contributed by atoms with E-state index in [4.69, 9.17) is 5.11 Å². The maximum absolute atomic E-state index is 10.6. The fraction of sp³-hybridized carbons (Fsp3) is 0.682. The van der Waals surface area contributed by atoms with Crippen molar-refractivity contribution in [2.45, 2.75) is 63.5 Å². The smallest absolute Gasteiger partial charge is 0.303 e. The zero-order chi connectivity index (χ0) is 17.5. The highest BCUT2D eigenvalue weighted by molar-refractivity contribution is 7.98. The number of carboxylic acids is 1. The molecular weight excluding hydrogens is 328 g/mol. The molecular formula is C22H32O2S. The molecule has 2 fully saturated rings. The van der Waals surface area contributed by atoms with Crippen LogP contribution in [0.3, 0.4) is 0 Å². The summed E-state index contributed by atoms with van der Waals surface area (Å²) in [6, 6.07) is 10.8. The summed E-state index contributed by atoms with van der Waals surface area (Å²) in [6.07, 6.45) is 10.6. The molecule has 0 saturated heterocycles. The molecule has 1 aromatic carbocycles. The predicted octanol–water partition coefficient (Wildman–Crippen LogP) is 6.01. The van der Waals surface area contributed by atoms with E-state index < -0.39 is 5.97 Å². The first-order valence-corrected chi connectivity index (χ1v) is 11.2. The molecule has 25 heavy (non-hydrogen) atoms. The lowest BCUT2D eigenvalue weighted by atomic mass is 9.77. The summed E-state index contributed by atoms with van der Waals surface area (Å²) in [5.41, 5.74) is 1.45. The maximum atomic E-state index is 10.6. The molecule has 0 radical (unpaired) electrons. The van der Waals surface area contributed by atoms with Crippen LogP contribution in [0.2, 0.25) is 0 Å². The van der Waals surface area contributed by atoms with Gasteiger partial charge in [0.05, 0.1) is 0 Å². The number of fused-ring (bicyclic) bond motifs is 2. The highest BCUT2D eigenvalue weighted by Gasteiger charge is 2.46. The standard InChI is InChI=1S/C22H32O2S/c23-22(24)11-7-2-1-6-10-20-18-12-13-19(14-18)21(20)16-25-15-17-8-4-3-5-9-17/h3-5,8-9,18-21H,1-2,6-7,10-16H2,(H,23,24). The van der Waals surface area contributed by atoms with Gasteiger partial charge in [-0.2, -0.15) is 11.8 Å². The summed E-state index contributed by atoms with van der Waals surface area (Å²) in [6.45, 7) is 0. The molecule has 138 valence electrons. The lowest BCUT2D eigenvalue weighted by molar-refractivity contribution is -0.137. The van der Waals surface area contributed by atoms with Gasteiger partial charge < -0.3 is 5.11 Å². The van der Waals surface area contributed by atoms with Crippen molar-refractivity contribution in [1.82, 2.24) is 0 Å². The van der Waals surface area contributed by atoms with E-state index >= 15 is 0 Å². The average Bonchev–Trinajstić information content (AvgIpc) is 3.21. The second-order valence-electron chi connectivity index (χ2n) is 8.01. The van der Waals surface area contributed by atoms with Gasteiger partial charge in [-0.15, -0.1) is 0 Å². The SMILES string of the molecule is O=C(O)CCCCCCC1C2CCC(C2)C1CSCc1ccccc1. The topological polar surface area (TPSA) is 37.3 Å². The molecule has 0 heterocycles. The minimum atomic E-state index is -0.649. The van der Waals surface area contributed by atoms with Crippen molar-refractivity contribution in [3.05, 3.63) is 35.9 Å². The van der Waals surface area contributed by atoms with Crippen LogP contribution in [-0.2, 0) is 10.5 Å². The molecule has 0 spiro atoms. The van der Waals surface area contributed by atoms with Gasteiger partial charge in [0.2, 0.25) is 0 Å². The van der Waals surface area contributed by atoms with Gasteiger partial charge in [-0.1, -0.05) is 49.6 Å². The van der Waals surface area contributed by atoms with Gasteiger partial charge in [-0.3, -0.25) is 4.79 Å². The van der Waals surface area contributed by atoms with E-state index in [0.717, 1.165) is 42.3 Å². The largest absolute Gasteiger partial charge is 0.481 e. The first-order chi connectivity index (χ1) is 12.2. The van der Waals surface area contributed by atoms with Gasteiger partial charge in [-0.05, 0) is 67.1 Å². The van der Waals surface area contributed by atoms with Crippen molar-refractivity contribution >= 4 is 17.7 Å². The van der Waals surface area contributed by atoms with Crippen LogP contribution in [-0.4, -0.2) is 16.8 Å². The average molecular weight is 361 g/mol. The minimum Gasteiger partial charge on any atom is -0.481 e. The molecule has 0 aromatic heterocycles. The molecule has 2 nitrogen and oxygen atoms in total. The van der Waals surface area contributed by atoms with Crippen LogP contribution in [0.5, 0.6) is 0 Å². The Kier molecular flexibility index (Phi) is 7.27. The Hall–Kier alpha value is -0.960. The molecule has 0 aliphatic heterocycles. The lowest BCUT2D eigenvalue weighted by Gasteiger charge is -2.31. The van der Waals surface area contributed by atoms with E-state index in [9.17, 15) is 4.79 Å². The van der Waals surface area contributed by atoms with Crippen LogP contribution < -0.4 is 0 Å². The van der Waals surface area contributed by atoms with Crippen molar-refractivity contribution in [3.63, 3.8) is 0 Å². The molecule has 1 aromatic rings. The highest BCUT2D eigenvalue weighted by atomic mass is 32.2. The van der Waals surface area contributed by atoms with Crippen molar-refractivity contribution in [1.29, 1.82) is 0 Å². The zero-order valence-electron chi connectivity index (χ0n) is 15.2. The summed E-state index contributed by atoms with van der Waals surface area (Å²) in [5.74, 6) is 5.70. The van der Waals surface area contributed by atoms with Gasteiger partial charge in [0.15, 0.2) is 0 Å². The van der Waals surface area contributed by atoms with E-state index in [2.05, 4.69) is 42.1 Å². The Morgan fingerprint density at radius 1 is 1.00 bits per heavy atom. The molecule has 3 heteroatoms. The molecule has 2 aliphatic rings. The van der Waals surface area contributed by atoms with Gasteiger partial charge in [-0.25, -0.2) is 0 Å². The molecule has 4 unspecified atom stereocenters. The van der Waals surface area contributed by atoms with E-state index in [1.54, 1.807) is 0 Å². The minimum absolute atomic E-state index is 0.340. The van der Waals surface area contributed by atoms with Crippen LogP contribution in [0.25, 0.3) is 0 Å². The van der Waals surface area contributed by atoms with E-state index in [-0.39, 0.29) is 0 Å². The third-order valence-electron chi connectivity index (χ3n) is 6.37. The van der Waals surface area contributed by atoms with Crippen molar-refractivity contribution in [2.75, 3.05) is 5.75 Å². The number of hydrogen-bond acceptors (Lipinski definition) is 2. The van der Waals surface area contributed by atoms with Crippen molar-refractivity contribution in [3.8, 4) is 0 Å². The van der Waals surface area contributed by atoms with Crippen LogP contribution in [0, 0.1) is 23.7 Å². The molecule has 3 rings (SSSR count). The summed E-state index contributed by atoms with van der Waals surface area (Å²) >= 11 is 2.13. The van der Waals surface area contributed by atoms with Crippen molar-refractivity contribution < 1.29 is 9.90 Å². The zero-order valence-corrected chi connectivity index (χ0v) is 16.1. The van der Waals surface area contributed by atoms with E-state index in [1.165, 1.54) is 49.8 Å². The monoisotopic (exact) mass is 360 g/mol. The van der Waals surface area contributed by atoms with Gasteiger partial charge in [0, 0.05) is 12.2 Å². The Labute approximate surface area is 156 Å². The summed E-state index contributed by atoms with van der Waals surface area (Å²) in [5, 5.41) is 8.71. The van der Waals surface area contributed by atoms with Crippen LogP contribution in [0.15, 0.2) is 30.3 Å². The number of carbonyl (C=O) groups is 1. The van der Waals surface area contributed by atoms with Crippen molar-refractivity contribution in [2.24, 2.45) is 23.7 Å². The van der Waals surface area contributed by atoms with Gasteiger partial charge in [0.1, 0.15) is 0 Å². The number of carboxylic acid groups (broad SMARTS) is 1. The van der Waals surface area contributed by atoms with Gasteiger partial charge >= 0.3 is 5.97 Å². The number of hydrogen-bond donors (Lipinski definition) is 1. The number of aliphatic carboxylic acids is 1. The number of rotatable bonds is 11. The molecule has 2 saturated carbocycles. The summed E-state index contributed by atoms with van der Waals surface area (Å²) in [7, 11) is 0. The molecule has 1 N–H and O–H groups in total. The van der Waals surface area contributed by atoms with E-state index in [0.29, 0.717) is 6.42 Å². The predicted molar refractivity (Wildman–Crippen MR) is 106 cm³/mol. The third-order valence-corrected chi connectivity index (χ3v) is 7.53. The third kappa shape index (κ3) is 5.51. The first-order valence-electron chi connectivity index (χ1n) is 10.1. The number of benzene rings is 1. The quantitative estimate of drug-likeness (QED) is 0.491. The first kappa shape index (κ1) is 18.8. The summed E-state index contributed by atoms with van der Waals surface area (Å²) < 4.78 is 0. The number of unbranched alkanes of at least 4 members (excludes halogenated alkanes) is 3.